The van der Waals surface area contributed by atoms with Gasteiger partial charge in [0.2, 0.25) is 0 Å². The second kappa shape index (κ2) is 5.30. The van der Waals surface area contributed by atoms with Gasteiger partial charge in [0.05, 0.1) is 25.0 Å². The highest BCUT2D eigenvalue weighted by molar-refractivity contribution is 5.48. The number of methoxy groups -OCH3 is 1. The summed E-state index contributed by atoms with van der Waals surface area (Å²) in [5.74, 6) is 0.172. The number of nitrogens with zero attached hydrogens (tertiary/aromatic N) is 1. The lowest BCUT2D eigenvalue weighted by Crippen LogP contribution is -2.03. The van der Waals surface area contributed by atoms with E-state index >= 15 is 0 Å². The molecular formula is C13H13FN2O. The van der Waals surface area contributed by atoms with Crippen LogP contribution in [-0.2, 0) is 6.54 Å². The first-order valence-corrected chi connectivity index (χ1v) is 5.27. The summed E-state index contributed by atoms with van der Waals surface area (Å²) in [6.45, 7) is 0.490. The zero-order valence-corrected chi connectivity index (χ0v) is 9.48. The number of benzene rings is 1. The molecule has 0 bridgehead atoms. The molecule has 0 amide bonds. The number of hydrogen-bond acceptors (Lipinski definition) is 3. The van der Waals surface area contributed by atoms with Crippen LogP contribution in [0.5, 0.6) is 5.75 Å². The number of halogens is 1. The van der Waals surface area contributed by atoms with Crippen molar-refractivity contribution in [2.24, 2.45) is 0 Å². The first-order valence-electron chi connectivity index (χ1n) is 5.27. The van der Waals surface area contributed by atoms with Gasteiger partial charge in [-0.05, 0) is 24.3 Å². The van der Waals surface area contributed by atoms with Crippen LogP contribution in [0.15, 0.2) is 42.6 Å². The summed E-state index contributed by atoms with van der Waals surface area (Å²) in [6.07, 6.45) is 1.71. The summed E-state index contributed by atoms with van der Waals surface area (Å²) in [5.41, 5.74) is 1.30. The molecule has 0 aliphatic carbocycles. The van der Waals surface area contributed by atoms with Gasteiger partial charge in [-0.1, -0.05) is 6.07 Å². The molecule has 1 heterocycles. The molecule has 0 saturated heterocycles. The van der Waals surface area contributed by atoms with Gasteiger partial charge in [-0.25, -0.2) is 4.39 Å². The van der Waals surface area contributed by atoms with Crippen LogP contribution in [0.25, 0.3) is 0 Å². The van der Waals surface area contributed by atoms with Gasteiger partial charge in [-0.3, -0.25) is 4.98 Å². The SMILES string of the molecule is COc1ccc(NCc2ccccn2)c(F)c1. The number of aromatic nitrogens is 1. The van der Waals surface area contributed by atoms with Gasteiger partial charge < -0.3 is 10.1 Å². The maximum absolute atomic E-state index is 13.6. The summed E-state index contributed by atoms with van der Waals surface area (Å²) in [5, 5.41) is 2.99. The van der Waals surface area contributed by atoms with E-state index in [-0.39, 0.29) is 5.82 Å². The molecular weight excluding hydrogens is 219 g/mol. The third-order valence-electron chi connectivity index (χ3n) is 2.36. The maximum Gasteiger partial charge on any atom is 0.149 e. The van der Waals surface area contributed by atoms with E-state index in [1.807, 2.05) is 18.2 Å². The number of hydrogen-bond donors (Lipinski definition) is 1. The minimum atomic E-state index is -0.333. The van der Waals surface area contributed by atoms with Crippen molar-refractivity contribution >= 4 is 5.69 Å². The van der Waals surface area contributed by atoms with Gasteiger partial charge in [0.1, 0.15) is 11.6 Å². The third-order valence-corrected chi connectivity index (χ3v) is 2.36. The highest BCUT2D eigenvalue weighted by Crippen LogP contribution is 2.20. The molecule has 0 unspecified atom stereocenters. The van der Waals surface area contributed by atoms with E-state index in [2.05, 4.69) is 10.3 Å². The van der Waals surface area contributed by atoms with E-state index in [1.54, 1.807) is 18.3 Å². The lowest BCUT2D eigenvalue weighted by Gasteiger charge is -2.08. The Labute approximate surface area is 99.3 Å². The highest BCUT2D eigenvalue weighted by Gasteiger charge is 2.03. The van der Waals surface area contributed by atoms with Crippen molar-refractivity contribution in [1.29, 1.82) is 0 Å². The molecule has 0 saturated carbocycles. The van der Waals surface area contributed by atoms with Gasteiger partial charge in [0.25, 0.3) is 0 Å². The molecule has 4 heteroatoms. The average Bonchev–Trinajstić information content (AvgIpc) is 2.38. The van der Waals surface area contributed by atoms with E-state index in [1.165, 1.54) is 13.2 Å². The van der Waals surface area contributed by atoms with Crippen molar-refractivity contribution in [1.82, 2.24) is 4.98 Å². The smallest absolute Gasteiger partial charge is 0.149 e. The third kappa shape index (κ3) is 2.93. The molecule has 0 aliphatic rings. The molecule has 3 nitrogen and oxygen atoms in total. The second-order valence-electron chi connectivity index (χ2n) is 3.52. The van der Waals surface area contributed by atoms with E-state index < -0.39 is 0 Å². The molecule has 2 rings (SSSR count). The topological polar surface area (TPSA) is 34.1 Å². The second-order valence-corrected chi connectivity index (χ2v) is 3.52. The Morgan fingerprint density at radius 1 is 1.29 bits per heavy atom. The van der Waals surface area contributed by atoms with Crippen molar-refractivity contribution in [3.63, 3.8) is 0 Å². The quantitative estimate of drug-likeness (QED) is 0.880. The van der Waals surface area contributed by atoms with Gasteiger partial charge in [-0.15, -0.1) is 0 Å². The molecule has 17 heavy (non-hydrogen) atoms. The standard InChI is InChI=1S/C13H13FN2O/c1-17-11-5-6-13(12(14)8-11)16-9-10-4-2-3-7-15-10/h2-8,16H,9H2,1H3. The van der Waals surface area contributed by atoms with Gasteiger partial charge in [-0.2, -0.15) is 0 Å². The van der Waals surface area contributed by atoms with Crippen LogP contribution in [0.2, 0.25) is 0 Å². The molecule has 0 fully saturated rings. The largest absolute Gasteiger partial charge is 0.497 e. The molecule has 88 valence electrons. The fourth-order valence-electron chi connectivity index (χ4n) is 1.45. The summed E-state index contributed by atoms with van der Waals surface area (Å²) in [6, 6.07) is 10.3. The van der Waals surface area contributed by atoms with E-state index in [0.717, 1.165) is 5.69 Å². The Morgan fingerprint density at radius 3 is 2.82 bits per heavy atom. The molecule has 0 radical (unpaired) electrons. The number of pyridine rings is 1. The van der Waals surface area contributed by atoms with Crippen molar-refractivity contribution in [2.45, 2.75) is 6.54 Å². The van der Waals surface area contributed by atoms with Crippen LogP contribution < -0.4 is 10.1 Å². The molecule has 0 atom stereocenters. The summed E-state index contributed by atoms with van der Waals surface area (Å²) in [7, 11) is 1.51. The van der Waals surface area contributed by atoms with Crippen LogP contribution in [0, 0.1) is 5.82 Å². The fraction of sp³-hybridized carbons (Fsp3) is 0.154. The molecule has 2 aromatic rings. The van der Waals surface area contributed by atoms with Crippen molar-refractivity contribution in [3.05, 3.63) is 54.1 Å². The van der Waals surface area contributed by atoms with E-state index in [4.69, 9.17) is 4.74 Å². The van der Waals surface area contributed by atoms with Gasteiger partial charge in [0.15, 0.2) is 0 Å². The lowest BCUT2D eigenvalue weighted by molar-refractivity contribution is 0.411. The molecule has 0 aliphatic heterocycles. The van der Waals surface area contributed by atoms with Crippen molar-refractivity contribution < 1.29 is 9.13 Å². The molecule has 0 spiro atoms. The van der Waals surface area contributed by atoms with Gasteiger partial charge >= 0.3 is 0 Å². The van der Waals surface area contributed by atoms with Crippen molar-refractivity contribution in [3.8, 4) is 5.75 Å². The Morgan fingerprint density at radius 2 is 2.18 bits per heavy atom. The van der Waals surface area contributed by atoms with Crippen LogP contribution in [0.4, 0.5) is 10.1 Å². The first kappa shape index (κ1) is 11.4. The Kier molecular flexibility index (Phi) is 3.55. The van der Waals surface area contributed by atoms with E-state index in [0.29, 0.717) is 18.0 Å². The fourth-order valence-corrected chi connectivity index (χ4v) is 1.45. The number of rotatable bonds is 4. The van der Waals surface area contributed by atoms with Crippen LogP contribution >= 0.6 is 0 Å². The predicted octanol–water partition coefficient (Wildman–Crippen LogP) is 2.84. The normalized spacial score (nSPS) is 10.0. The number of anilines is 1. The van der Waals surface area contributed by atoms with Crippen molar-refractivity contribution in [2.75, 3.05) is 12.4 Å². The van der Waals surface area contributed by atoms with Crippen LogP contribution in [0.3, 0.4) is 0 Å². The summed E-state index contributed by atoms with van der Waals surface area (Å²) < 4.78 is 18.5. The van der Waals surface area contributed by atoms with Crippen LogP contribution in [0.1, 0.15) is 5.69 Å². The zero-order valence-electron chi connectivity index (χ0n) is 9.48. The first-order chi connectivity index (χ1) is 8.29. The number of ether oxygens (including phenoxy) is 1. The minimum Gasteiger partial charge on any atom is -0.497 e. The Balaban J connectivity index is 2.04. The minimum absolute atomic E-state index is 0.333. The highest BCUT2D eigenvalue weighted by atomic mass is 19.1. The van der Waals surface area contributed by atoms with E-state index in [9.17, 15) is 4.39 Å². The lowest BCUT2D eigenvalue weighted by atomic mass is 10.2. The molecule has 1 aromatic carbocycles. The monoisotopic (exact) mass is 232 g/mol. The Bertz CT molecular complexity index is 488. The maximum atomic E-state index is 13.6. The molecule has 1 N–H and O–H groups in total. The molecule has 1 aromatic heterocycles. The average molecular weight is 232 g/mol. The summed E-state index contributed by atoms with van der Waals surface area (Å²) >= 11 is 0. The predicted molar refractivity (Wildman–Crippen MR) is 64.5 cm³/mol. The van der Waals surface area contributed by atoms with Crippen LogP contribution in [-0.4, -0.2) is 12.1 Å². The zero-order chi connectivity index (χ0) is 12.1. The summed E-state index contributed by atoms with van der Waals surface area (Å²) in [4.78, 5) is 4.15. The van der Waals surface area contributed by atoms with Gasteiger partial charge in [0, 0.05) is 12.3 Å². The number of nitrogens with one attached hydrogen (secondary N) is 1. The Hall–Kier alpha value is -2.10.